The lowest BCUT2D eigenvalue weighted by Gasteiger charge is -2.03. The molecule has 0 unspecified atom stereocenters. The molecule has 0 bridgehead atoms. The first kappa shape index (κ1) is 14.7. The molecule has 0 atom stereocenters. The number of rotatable bonds is 8. The number of alkyl halides is 4. The van der Waals surface area contributed by atoms with Gasteiger partial charge in [0.2, 0.25) is 12.9 Å². The Morgan fingerprint density at radius 1 is 0.800 bits per heavy atom. The van der Waals surface area contributed by atoms with Gasteiger partial charge in [0.1, 0.15) is 9.84 Å². The molecule has 0 aromatic rings. The highest BCUT2D eigenvalue weighted by atomic mass is 32.2. The summed E-state index contributed by atoms with van der Waals surface area (Å²) in [6, 6.07) is 0. The lowest BCUT2D eigenvalue weighted by Crippen LogP contribution is -2.12. The van der Waals surface area contributed by atoms with Crippen molar-refractivity contribution in [2.24, 2.45) is 0 Å². The van der Waals surface area contributed by atoms with Crippen molar-refractivity contribution < 1.29 is 26.0 Å². The third-order valence-electron chi connectivity index (χ3n) is 1.76. The molecule has 0 aliphatic carbocycles. The first-order valence-corrected chi connectivity index (χ1v) is 6.42. The maximum absolute atomic E-state index is 11.7. The summed E-state index contributed by atoms with van der Waals surface area (Å²) < 4.78 is 68.9. The Morgan fingerprint density at radius 2 is 1.13 bits per heavy atom. The molecule has 0 saturated carbocycles. The van der Waals surface area contributed by atoms with Crippen LogP contribution in [-0.4, -0.2) is 32.8 Å². The van der Waals surface area contributed by atoms with E-state index in [9.17, 15) is 26.0 Å². The van der Waals surface area contributed by atoms with Crippen LogP contribution >= 0.6 is 0 Å². The van der Waals surface area contributed by atoms with Gasteiger partial charge in [-0.1, -0.05) is 0 Å². The third kappa shape index (κ3) is 9.96. The third-order valence-corrected chi connectivity index (χ3v) is 3.58. The summed E-state index contributed by atoms with van der Waals surface area (Å²) in [5.41, 5.74) is 0. The molecular formula is C8H14F4O2S. The van der Waals surface area contributed by atoms with Gasteiger partial charge >= 0.3 is 0 Å². The Bertz CT molecular complexity index is 231. The Hall–Kier alpha value is -0.330. The Kier molecular flexibility index (Phi) is 6.87. The average molecular weight is 250 g/mol. The van der Waals surface area contributed by atoms with E-state index in [-0.39, 0.29) is 24.3 Å². The molecule has 0 rings (SSSR count). The molecule has 15 heavy (non-hydrogen) atoms. The molecule has 0 spiro atoms. The van der Waals surface area contributed by atoms with Gasteiger partial charge in [-0.3, -0.25) is 0 Å². The van der Waals surface area contributed by atoms with Gasteiger partial charge in [0.05, 0.1) is 11.5 Å². The number of halogens is 4. The number of hydrogen-bond acceptors (Lipinski definition) is 2. The fourth-order valence-corrected chi connectivity index (χ4v) is 2.43. The largest absolute Gasteiger partial charge is 0.238 e. The molecule has 0 aliphatic heterocycles. The molecule has 2 nitrogen and oxygen atoms in total. The van der Waals surface area contributed by atoms with Crippen molar-refractivity contribution in [2.45, 2.75) is 38.5 Å². The molecule has 0 aromatic carbocycles. The van der Waals surface area contributed by atoms with E-state index in [0.29, 0.717) is 0 Å². The highest BCUT2D eigenvalue weighted by molar-refractivity contribution is 7.91. The van der Waals surface area contributed by atoms with E-state index in [1.807, 2.05) is 0 Å². The van der Waals surface area contributed by atoms with Crippen LogP contribution in [0.5, 0.6) is 0 Å². The standard InChI is InChI=1S/C8H14F4O2S/c9-7(10)3-1-5-15(13,14)6-2-4-8(11)12/h7-8H,1-6H2. The Labute approximate surface area is 86.6 Å². The number of hydrogen-bond donors (Lipinski definition) is 0. The van der Waals surface area contributed by atoms with Gasteiger partial charge in [-0.25, -0.2) is 26.0 Å². The molecule has 0 radical (unpaired) electrons. The quantitative estimate of drug-likeness (QED) is 0.620. The summed E-state index contributed by atoms with van der Waals surface area (Å²) in [4.78, 5) is 0. The minimum absolute atomic E-state index is 0.116. The summed E-state index contributed by atoms with van der Waals surface area (Å²) in [6.07, 6.45) is -6.19. The topological polar surface area (TPSA) is 34.1 Å². The maximum atomic E-state index is 11.7. The van der Waals surface area contributed by atoms with E-state index in [4.69, 9.17) is 0 Å². The first-order valence-electron chi connectivity index (χ1n) is 4.60. The monoisotopic (exact) mass is 250 g/mol. The molecule has 0 N–H and O–H groups in total. The van der Waals surface area contributed by atoms with Crippen molar-refractivity contribution in [3.63, 3.8) is 0 Å². The second kappa shape index (κ2) is 7.03. The van der Waals surface area contributed by atoms with E-state index < -0.39 is 35.5 Å². The average Bonchev–Trinajstić information content (AvgIpc) is 2.01. The zero-order valence-electron chi connectivity index (χ0n) is 8.13. The van der Waals surface area contributed by atoms with Gasteiger partial charge in [-0.2, -0.15) is 0 Å². The van der Waals surface area contributed by atoms with Gasteiger partial charge in [-0.15, -0.1) is 0 Å². The molecule has 0 aromatic heterocycles. The first-order chi connectivity index (χ1) is 6.83. The van der Waals surface area contributed by atoms with Gasteiger partial charge in [0.25, 0.3) is 0 Å². The van der Waals surface area contributed by atoms with Gasteiger partial charge in [0.15, 0.2) is 0 Å². The van der Waals surface area contributed by atoms with Gasteiger partial charge < -0.3 is 0 Å². The zero-order chi connectivity index (χ0) is 11.9. The van der Waals surface area contributed by atoms with Crippen LogP contribution in [0.4, 0.5) is 17.6 Å². The summed E-state index contributed by atoms with van der Waals surface area (Å²) >= 11 is 0. The van der Waals surface area contributed by atoms with Crippen LogP contribution in [0.25, 0.3) is 0 Å². The maximum Gasteiger partial charge on any atom is 0.238 e. The van der Waals surface area contributed by atoms with Crippen molar-refractivity contribution >= 4 is 9.84 Å². The van der Waals surface area contributed by atoms with E-state index in [1.165, 1.54) is 0 Å². The SMILES string of the molecule is O=S(=O)(CCCC(F)F)CCCC(F)F. The lowest BCUT2D eigenvalue weighted by molar-refractivity contribution is 0.137. The van der Waals surface area contributed by atoms with Gasteiger partial charge in [-0.05, 0) is 12.8 Å². The van der Waals surface area contributed by atoms with Crippen LogP contribution < -0.4 is 0 Å². The minimum Gasteiger partial charge on any atom is -0.229 e. The molecule has 0 fully saturated rings. The lowest BCUT2D eigenvalue weighted by atomic mass is 10.3. The Morgan fingerprint density at radius 3 is 1.40 bits per heavy atom. The van der Waals surface area contributed by atoms with Crippen molar-refractivity contribution in [2.75, 3.05) is 11.5 Å². The highest BCUT2D eigenvalue weighted by Crippen LogP contribution is 2.09. The van der Waals surface area contributed by atoms with Crippen LogP contribution in [-0.2, 0) is 9.84 Å². The fraction of sp³-hybridized carbons (Fsp3) is 1.00. The van der Waals surface area contributed by atoms with E-state index in [1.54, 1.807) is 0 Å². The normalized spacial score (nSPS) is 12.7. The van der Waals surface area contributed by atoms with Crippen LogP contribution in [0.3, 0.4) is 0 Å². The summed E-state index contributed by atoms with van der Waals surface area (Å²) in [7, 11) is -3.44. The molecule has 7 heteroatoms. The summed E-state index contributed by atoms with van der Waals surface area (Å²) in [5, 5.41) is 0. The second-order valence-electron chi connectivity index (χ2n) is 3.22. The molecule has 0 aliphatic rings. The smallest absolute Gasteiger partial charge is 0.229 e. The van der Waals surface area contributed by atoms with Crippen molar-refractivity contribution in [3.8, 4) is 0 Å². The summed E-state index contributed by atoms with van der Waals surface area (Å²) in [6.45, 7) is 0. The predicted molar refractivity (Wildman–Crippen MR) is 49.1 cm³/mol. The number of sulfone groups is 1. The van der Waals surface area contributed by atoms with Crippen LogP contribution in [0.15, 0.2) is 0 Å². The van der Waals surface area contributed by atoms with E-state index in [0.717, 1.165) is 0 Å². The minimum atomic E-state index is -3.44. The molecule has 92 valence electrons. The van der Waals surface area contributed by atoms with Crippen LogP contribution in [0.2, 0.25) is 0 Å². The van der Waals surface area contributed by atoms with Crippen molar-refractivity contribution in [3.05, 3.63) is 0 Å². The molecular weight excluding hydrogens is 236 g/mol. The van der Waals surface area contributed by atoms with Crippen molar-refractivity contribution in [1.29, 1.82) is 0 Å². The Balaban J connectivity index is 3.68. The highest BCUT2D eigenvalue weighted by Gasteiger charge is 2.13. The van der Waals surface area contributed by atoms with E-state index >= 15 is 0 Å². The predicted octanol–water partition coefficient (Wildman–Crippen LogP) is 2.49. The zero-order valence-corrected chi connectivity index (χ0v) is 8.95. The van der Waals surface area contributed by atoms with Crippen LogP contribution in [0, 0.1) is 0 Å². The second-order valence-corrected chi connectivity index (χ2v) is 5.52. The van der Waals surface area contributed by atoms with Crippen molar-refractivity contribution in [1.82, 2.24) is 0 Å². The molecule has 0 amide bonds. The van der Waals surface area contributed by atoms with E-state index in [2.05, 4.69) is 0 Å². The summed E-state index contributed by atoms with van der Waals surface area (Å²) in [5.74, 6) is -0.693. The molecule has 0 heterocycles. The van der Waals surface area contributed by atoms with Crippen LogP contribution in [0.1, 0.15) is 25.7 Å². The fourth-order valence-electron chi connectivity index (χ4n) is 1.02. The molecule has 0 saturated heterocycles. The van der Waals surface area contributed by atoms with Gasteiger partial charge in [0, 0.05) is 12.8 Å².